The van der Waals surface area contributed by atoms with Crippen LogP contribution >= 0.6 is 24.0 Å². The highest BCUT2D eigenvalue weighted by atomic mass is 127. The second kappa shape index (κ2) is 12.1. The number of halogens is 1. The largest absolute Gasteiger partial charge is 0.392 e. The number of amides is 1. The van der Waals surface area contributed by atoms with Crippen LogP contribution in [0, 0.1) is 5.41 Å². The van der Waals surface area contributed by atoms with Crippen LogP contribution in [-0.2, 0) is 4.79 Å². The SMILES string of the molecule is CCNC(=NCC1(C)CCCCC1O)NC1CCN(CC(=O)NC)CC1.I. The van der Waals surface area contributed by atoms with E-state index in [9.17, 15) is 9.90 Å². The van der Waals surface area contributed by atoms with Gasteiger partial charge >= 0.3 is 0 Å². The Balaban J connectivity index is 0.00000364. The topological polar surface area (TPSA) is 89.0 Å². The molecule has 1 aliphatic heterocycles. The molecular formula is C19H38IN5O2. The van der Waals surface area contributed by atoms with Crippen molar-refractivity contribution < 1.29 is 9.90 Å². The summed E-state index contributed by atoms with van der Waals surface area (Å²) in [6.45, 7) is 8.01. The van der Waals surface area contributed by atoms with Crippen LogP contribution in [0.3, 0.4) is 0 Å². The lowest BCUT2D eigenvalue weighted by molar-refractivity contribution is -0.122. The summed E-state index contributed by atoms with van der Waals surface area (Å²) >= 11 is 0. The fourth-order valence-corrected chi connectivity index (χ4v) is 3.86. The standard InChI is InChI=1S/C19H37N5O2.HI/c1-4-21-18(22-14-19(2)10-6-5-7-16(19)25)23-15-8-11-24(12-9-15)13-17(26)20-3;/h15-16,25H,4-14H2,1-3H3,(H,20,26)(H2,21,22,23);1H. The van der Waals surface area contributed by atoms with Gasteiger partial charge in [-0.2, -0.15) is 0 Å². The summed E-state index contributed by atoms with van der Waals surface area (Å²) < 4.78 is 0. The Morgan fingerprint density at radius 2 is 1.96 bits per heavy atom. The molecule has 1 saturated carbocycles. The van der Waals surface area contributed by atoms with Crippen molar-refractivity contribution in [1.82, 2.24) is 20.9 Å². The number of hydrogen-bond donors (Lipinski definition) is 4. The number of carbonyl (C=O) groups is 1. The zero-order chi connectivity index (χ0) is 19.0. The van der Waals surface area contributed by atoms with Gasteiger partial charge in [-0.3, -0.25) is 14.7 Å². The van der Waals surface area contributed by atoms with Gasteiger partial charge in [0.2, 0.25) is 5.91 Å². The lowest BCUT2D eigenvalue weighted by Crippen LogP contribution is -2.50. The number of nitrogens with zero attached hydrogens (tertiary/aromatic N) is 2. The first kappa shape index (κ1) is 24.4. The first-order valence-corrected chi connectivity index (χ1v) is 10.1. The van der Waals surface area contributed by atoms with Crippen LogP contribution in [0.2, 0.25) is 0 Å². The molecule has 8 heteroatoms. The number of aliphatic hydroxyl groups is 1. The van der Waals surface area contributed by atoms with Gasteiger partial charge in [0.1, 0.15) is 0 Å². The maximum atomic E-state index is 11.5. The van der Waals surface area contributed by atoms with Crippen molar-refractivity contribution >= 4 is 35.8 Å². The third kappa shape index (κ3) is 7.73. The van der Waals surface area contributed by atoms with Crippen molar-refractivity contribution in [3.05, 3.63) is 0 Å². The number of likely N-dealkylation sites (N-methyl/N-ethyl adjacent to an activating group) is 1. The van der Waals surface area contributed by atoms with Crippen molar-refractivity contribution in [1.29, 1.82) is 0 Å². The molecule has 1 saturated heterocycles. The quantitative estimate of drug-likeness (QED) is 0.254. The normalized spacial score (nSPS) is 27.6. The Morgan fingerprint density at radius 1 is 1.26 bits per heavy atom. The lowest BCUT2D eigenvalue weighted by Gasteiger charge is -2.37. The molecule has 2 unspecified atom stereocenters. The Bertz CT molecular complexity index is 483. The summed E-state index contributed by atoms with van der Waals surface area (Å²) in [7, 11) is 1.68. The molecule has 7 nitrogen and oxygen atoms in total. The molecule has 0 aromatic heterocycles. The number of aliphatic imine (C=N–C) groups is 1. The molecule has 158 valence electrons. The number of likely N-dealkylation sites (tertiary alicyclic amines) is 1. The number of nitrogens with one attached hydrogen (secondary N) is 3. The van der Waals surface area contributed by atoms with Gasteiger partial charge in [-0.05, 0) is 32.6 Å². The van der Waals surface area contributed by atoms with E-state index in [0.29, 0.717) is 19.1 Å². The number of carbonyl (C=O) groups excluding carboxylic acids is 1. The van der Waals surface area contributed by atoms with Gasteiger partial charge in [-0.25, -0.2) is 0 Å². The molecule has 0 spiro atoms. The Morgan fingerprint density at radius 3 is 2.56 bits per heavy atom. The number of piperidine rings is 1. The van der Waals surface area contributed by atoms with E-state index in [1.165, 1.54) is 6.42 Å². The molecular weight excluding hydrogens is 457 g/mol. The molecule has 1 heterocycles. The number of rotatable bonds is 6. The van der Waals surface area contributed by atoms with Crippen molar-refractivity contribution in [3.8, 4) is 0 Å². The molecule has 0 bridgehead atoms. The molecule has 2 fully saturated rings. The first-order valence-electron chi connectivity index (χ1n) is 10.1. The van der Waals surface area contributed by atoms with Crippen LogP contribution in [0.25, 0.3) is 0 Å². The maximum absolute atomic E-state index is 11.5. The Kier molecular flexibility index (Phi) is 10.9. The zero-order valence-corrected chi connectivity index (χ0v) is 19.4. The van der Waals surface area contributed by atoms with E-state index in [4.69, 9.17) is 4.99 Å². The van der Waals surface area contributed by atoms with Crippen LogP contribution in [0.1, 0.15) is 52.4 Å². The molecule has 0 aromatic carbocycles. The highest BCUT2D eigenvalue weighted by Gasteiger charge is 2.35. The monoisotopic (exact) mass is 495 g/mol. The van der Waals surface area contributed by atoms with E-state index < -0.39 is 0 Å². The second-order valence-electron chi connectivity index (χ2n) is 7.98. The molecule has 2 atom stereocenters. The predicted octanol–water partition coefficient (Wildman–Crippen LogP) is 1.31. The third-order valence-electron chi connectivity index (χ3n) is 5.80. The van der Waals surface area contributed by atoms with E-state index in [0.717, 1.165) is 57.7 Å². The maximum Gasteiger partial charge on any atom is 0.233 e. The average molecular weight is 495 g/mol. The molecule has 1 aliphatic carbocycles. The van der Waals surface area contributed by atoms with E-state index in [1.54, 1.807) is 7.05 Å². The fraction of sp³-hybridized carbons (Fsp3) is 0.895. The van der Waals surface area contributed by atoms with E-state index in [2.05, 4.69) is 34.7 Å². The van der Waals surface area contributed by atoms with E-state index in [1.807, 2.05) is 0 Å². The Labute approximate surface area is 181 Å². The minimum Gasteiger partial charge on any atom is -0.392 e. The first-order chi connectivity index (χ1) is 12.5. The lowest BCUT2D eigenvalue weighted by atomic mass is 9.73. The fourth-order valence-electron chi connectivity index (χ4n) is 3.86. The van der Waals surface area contributed by atoms with Crippen LogP contribution in [0.5, 0.6) is 0 Å². The summed E-state index contributed by atoms with van der Waals surface area (Å²) in [5, 5.41) is 19.9. The highest BCUT2D eigenvalue weighted by Crippen LogP contribution is 2.36. The predicted molar refractivity (Wildman–Crippen MR) is 121 cm³/mol. The smallest absolute Gasteiger partial charge is 0.233 e. The van der Waals surface area contributed by atoms with Crippen LogP contribution < -0.4 is 16.0 Å². The van der Waals surface area contributed by atoms with Gasteiger partial charge in [0.25, 0.3) is 0 Å². The van der Waals surface area contributed by atoms with Gasteiger partial charge < -0.3 is 21.1 Å². The zero-order valence-electron chi connectivity index (χ0n) is 17.1. The van der Waals surface area contributed by atoms with Gasteiger partial charge in [0.15, 0.2) is 5.96 Å². The molecule has 1 amide bonds. The van der Waals surface area contributed by atoms with Crippen LogP contribution in [0.4, 0.5) is 0 Å². The molecule has 2 rings (SSSR count). The third-order valence-corrected chi connectivity index (χ3v) is 5.80. The van der Waals surface area contributed by atoms with E-state index in [-0.39, 0.29) is 41.4 Å². The average Bonchev–Trinajstić information content (AvgIpc) is 2.64. The summed E-state index contributed by atoms with van der Waals surface area (Å²) in [6, 6.07) is 0.373. The molecule has 27 heavy (non-hydrogen) atoms. The van der Waals surface area contributed by atoms with Crippen molar-refractivity contribution in [2.45, 2.75) is 64.5 Å². The second-order valence-corrected chi connectivity index (χ2v) is 7.98. The molecule has 0 radical (unpaired) electrons. The minimum atomic E-state index is -0.254. The summed E-state index contributed by atoms with van der Waals surface area (Å²) in [5.74, 6) is 0.918. The Hall–Kier alpha value is -0.610. The number of aliphatic hydroxyl groups excluding tert-OH is 1. The molecule has 0 aromatic rings. The molecule has 2 aliphatic rings. The van der Waals surface area contributed by atoms with Gasteiger partial charge in [-0.15, -0.1) is 24.0 Å². The summed E-state index contributed by atoms with van der Waals surface area (Å²) in [4.78, 5) is 18.5. The van der Waals surface area contributed by atoms with Crippen LogP contribution in [-0.4, -0.2) is 73.8 Å². The van der Waals surface area contributed by atoms with Crippen LogP contribution in [0.15, 0.2) is 4.99 Å². The number of hydrogen-bond acceptors (Lipinski definition) is 4. The summed E-state index contributed by atoms with van der Waals surface area (Å²) in [5.41, 5.74) is -0.114. The van der Waals surface area contributed by atoms with Crippen molar-refractivity contribution in [2.24, 2.45) is 10.4 Å². The number of guanidine groups is 1. The summed E-state index contributed by atoms with van der Waals surface area (Å²) in [6.07, 6.45) is 5.97. The van der Waals surface area contributed by atoms with Crippen molar-refractivity contribution in [3.63, 3.8) is 0 Å². The van der Waals surface area contributed by atoms with Crippen molar-refractivity contribution in [2.75, 3.05) is 39.8 Å². The van der Waals surface area contributed by atoms with Gasteiger partial charge in [0, 0.05) is 38.1 Å². The van der Waals surface area contributed by atoms with E-state index >= 15 is 0 Å². The minimum absolute atomic E-state index is 0. The molecule has 4 N–H and O–H groups in total. The van der Waals surface area contributed by atoms with Gasteiger partial charge in [0.05, 0.1) is 19.2 Å². The highest BCUT2D eigenvalue weighted by molar-refractivity contribution is 14.0. The van der Waals surface area contributed by atoms with Gasteiger partial charge in [-0.1, -0.05) is 19.8 Å².